The highest BCUT2D eigenvalue weighted by Gasteiger charge is 2.11. The molecule has 0 aliphatic carbocycles. The Labute approximate surface area is 172 Å². The van der Waals surface area contributed by atoms with E-state index in [9.17, 15) is 9.59 Å². The summed E-state index contributed by atoms with van der Waals surface area (Å²) in [5, 5.41) is 6.78. The summed E-state index contributed by atoms with van der Waals surface area (Å²) in [4.78, 5) is 28.2. The first-order valence-corrected chi connectivity index (χ1v) is 9.17. The summed E-state index contributed by atoms with van der Waals surface area (Å²) in [6.07, 6.45) is 8.27. The van der Waals surface area contributed by atoms with Gasteiger partial charge in [-0.3, -0.25) is 25.5 Å². The fourth-order valence-corrected chi connectivity index (χ4v) is 2.76. The number of hydrazine groups is 1. The van der Waals surface area contributed by atoms with Crippen molar-refractivity contribution in [2.45, 2.75) is 0 Å². The summed E-state index contributed by atoms with van der Waals surface area (Å²) in [6, 6.07) is 18.7. The summed E-state index contributed by atoms with van der Waals surface area (Å²) < 4.78 is 1.88. The van der Waals surface area contributed by atoms with E-state index in [1.807, 2.05) is 65.4 Å². The molecule has 2 heterocycles. The number of hydrogen-bond acceptors (Lipinski definition) is 4. The third-order valence-electron chi connectivity index (χ3n) is 4.31. The predicted molar refractivity (Wildman–Crippen MR) is 112 cm³/mol. The molecule has 3 N–H and O–H groups in total. The van der Waals surface area contributed by atoms with Gasteiger partial charge in [0.25, 0.3) is 11.8 Å². The van der Waals surface area contributed by atoms with Gasteiger partial charge in [0.05, 0.1) is 12.0 Å². The lowest BCUT2D eigenvalue weighted by Gasteiger charge is -2.03. The molecule has 0 bridgehead atoms. The van der Waals surface area contributed by atoms with Crippen molar-refractivity contribution in [3.63, 3.8) is 0 Å². The SMILES string of the molecule is O=C(/C=C/c1ccc(-n2ccnc2)cc1)NNC(=O)c1cc(-c2ccccc2)n[nH]1. The van der Waals surface area contributed by atoms with Gasteiger partial charge in [0.1, 0.15) is 5.69 Å². The number of amides is 2. The standard InChI is InChI=1S/C22H18N6O2/c29-21(11-8-16-6-9-18(10-7-16)28-13-12-23-15-28)26-27-22(30)20-14-19(24-25-20)17-4-2-1-3-5-17/h1-15H,(H,24,25)(H,26,29)(H,27,30)/b11-8+. The summed E-state index contributed by atoms with van der Waals surface area (Å²) in [5.41, 5.74) is 8.30. The second-order valence-electron chi connectivity index (χ2n) is 6.37. The summed E-state index contributed by atoms with van der Waals surface area (Å²) in [7, 11) is 0. The summed E-state index contributed by atoms with van der Waals surface area (Å²) >= 11 is 0. The minimum atomic E-state index is -0.490. The first-order chi connectivity index (χ1) is 14.7. The zero-order chi connectivity index (χ0) is 20.8. The third-order valence-corrected chi connectivity index (χ3v) is 4.31. The maximum Gasteiger partial charge on any atom is 0.287 e. The number of aromatic nitrogens is 4. The molecule has 2 amide bonds. The molecule has 2 aromatic carbocycles. The molecule has 148 valence electrons. The molecule has 0 saturated heterocycles. The zero-order valence-electron chi connectivity index (χ0n) is 15.8. The van der Waals surface area contributed by atoms with E-state index >= 15 is 0 Å². The van der Waals surface area contributed by atoms with Crippen molar-refractivity contribution in [2.24, 2.45) is 0 Å². The Hall–Kier alpha value is -4.46. The molecule has 0 fully saturated rings. The number of carbonyl (C=O) groups excluding carboxylic acids is 2. The average Bonchev–Trinajstić information content (AvgIpc) is 3.50. The monoisotopic (exact) mass is 398 g/mol. The van der Waals surface area contributed by atoms with Crippen molar-refractivity contribution in [3.8, 4) is 16.9 Å². The van der Waals surface area contributed by atoms with Crippen LogP contribution in [0.25, 0.3) is 23.0 Å². The highest BCUT2D eigenvalue weighted by atomic mass is 16.2. The molecule has 0 spiro atoms. The van der Waals surface area contributed by atoms with Gasteiger partial charge in [-0.1, -0.05) is 42.5 Å². The number of H-pyrrole nitrogens is 1. The number of nitrogens with one attached hydrogen (secondary N) is 3. The van der Waals surface area contributed by atoms with E-state index in [0.29, 0.717) is 5.69 Å². The largest absolute Gasteiger partial charge is 0.306 e. The third kappa shape index (κ3) is 4.50. The topological polar surface area (TPSA) is 105 Å². The molecule has 30 heavy (non-hydrogen) atoms. The van der Waals surface area contributed by atoms with Crippen molar-refractivity contribution in [2.75, 3.05) is 0 Å². The zero-order valence-corrected chi connectivity index (χ0v) is 15.8. The van der Waals surface area contributed by atoms with Crippen LogP contribution in [0.4, 0.5) is 0 Å². The number of imidazole rings is 1. The first-order valence-electron chi connectivity index (χ1n) is 9.17. The van der Waals surface area contributed by atoms with Crippen LogP contribution in [0.3, 0.4) is 0 Å². The van der Waals surface area contributed by atoms with Crippen LogP contribution in [0.15, 0.2) is 85.5 Å². The Morgan fingerprint density at radius 2 is 1.80 bits per heavy atom. The quantitative estimate of drug-likeness (QED) is 0.355. The van der Waals surface area contributed by atoms with Crippen LogP contribution < -0.4 is 10.9 Å². The molecule has 0 atom stereocenters. The van der Waals surface area contributed by atoms with Gasteiger partial charge < -0.3 is 4.57 Å². The molecule has 8 heteroatoms. The van der Waals surface area contributed by atoms with Gasteiger partial charge in [0, 0.05) is 29.7 Å². The van der Waals surface area contributed by atoms with E-state index in [1.54, 1.807) is 24.7 Å². The minimum absolute atomic E-state index is 0.244. The van der Waals surface area contributed by atoms with Crippen molar-refractivity contribution < 1.29 is 9.59 Å². The average molecular weight is 398 g/mol. The molecule has 0 saturated carbocycles. The molecule has 4 aromatic rings. The minimum Gasteiger partial charge on any atom is -0.306 e. The van der Waals surface area contributed by atoms with Crippen molar-refractivity contribution >= 4 is 17.9 Å². The van der Waals surface area contributed by atoms with Gasteiger partial charge in [-0.2, -0.15) is 5.10 Å². The number of carbonyl (C=O) groups is 2. The van der Waals surface area contributed by atoms with Crippen LogP contribution >= 0.6 is 0 Å². The van der Waals surface area contributed by atoms with E-state index in [2.05, 4.69) is 26.0 Å². The van der Waals surface area contributed by atoms with Crippen molar-refractivity contribution in [1.29, 1.82) is 0 Å². The Morgan fingerprint density at radius 1 is 1.00 bits per heavy atom. The van der Waals surface area contributed by atoms with Crippen LogP contribution in [-0.4, -0.2) is 31.6 Å². The van der Waals surface area contributed by atoms with Gasteiger partial charge in [0.2, 0.25) is 0 Å². The van der Waals surface area contributed by atoms with Crippen LogP contribution in [0.2, 0.25) is 0 Å². The first kappa shape index (κ1) is 18.9. The highest BCUT2D eigenvalue weighted by Crippen LogP contribution is 2.16. The van der Waals surface area contributed by atoms with E-state index in [4.69, 9.17) is 0 Å². The Morgan fingerprint density at radius 3 is 2.53 bits per heavy atom. The van der Waals surface area contributed by atoms with E-state index < -0.39 is 11.8 Å². The van der Waals surface area contributed by atoms with Gasteiger partial charge in [-0.25, -0.2) is 4.98 Å². The van der Waals surface area contributed by atoms with Gasteiger partial charge >= 0.3 is 0 Å². The van der Waals surface area contributed by atoms with Crippen LogP contribution in [0.5, 0.6) is 0 Å². The van der Waals surface area contributed by atoms with Crippen molar-refractivity contribution in [1.82, 2.24) is 30.6 Å². The number of aromatic amines is 1. The molecule has 0 radical (unpaired) electrons. The molecular formula is C22H18N6O2. The molecular weight excluding hydrogens is 380 g/mol. The normalized spacial score (nSPS) is 10.8. The number of rotatable bonds is 5. The predicted octanol–water partition coefficient (Wildman–Crippen LogP) is 2.74. The molecule has 0 aliphatic rings. The van der Waals surface area contributed by atoms with Crippen LogP contribution in [-0.2, 0) is 4.79 Å². The Balaban J connectivity index is 1.30. The summed E-state index contributed by atoms with van der Waals surface area (Å²) in [5.74, 6) is -0.944. The number of nitrogens with zero attached hydrogens (tertiary/aromatic N) is 3. The molecule has 0 aliphatic heterocycles. The van der Waals surface area contributed by atoms with Gasteiger partial charge in [-0.15, -0.1) is 0 Å². The Kier molecular flexibility index (Phi) is 5.47. The fraction of sp³-hybridized carbons (Fsp3) is 0. The fourth-order valence-electron chi connectivity index (χ4n) is 2.76. The molecule has 0 unspecified atom stereocenters. The maximum absolute atomic E-state index is 12.2. The molecule has 8 nitrogen and oxygen atoms in total. The maximum atomic E-state index is 12.2. The van der Waals surface area contributed by atoms with E-state index in [-0.39, 0.29) is 5.69 Å². The van der Waals surface area contributed by atoms with Crippen molar-refractivity contribution in [3.05, 3.63) is 96.7 Å². The smallest absolute Gasteiger partial charge is 0.287 e. The lowest BCUT2D eigenvalue weighted by atomic mass is 10.1. The highest BCUT2D eigenvalue weighted by molar-refractivity contribution is 5.97. The molecule has 4 rings (SSSR count). The lowest BCUT2D eigenvalue weighted by Crippen LogP contribution is -2.40. The summed E-state index contributed by atoms with van der Waals surface area (Å²) in [6.45, 7) is 0. The van der Waals surface area contributed by atoms with Crippen LogP contribution in [0.1, 0.15) is 16.1 Å². The number of hydrogen-bond donors (Lipinski definition) is 3. The second kappa shape index (κ2) is 8.70. The Bertz CT molecular complexity index is 1160. The second-order valence-corrected chi connectivity index (χ2v) is 6.37. The number of benzene rings is 2. The van der Waals surface area contributed by atoms with Gasteiger partial charge in [0.15, 0.2) is 0 Å². The van der Waals surface area contributed by atoms with E-state index in [0.717, 1.165) is 16.8 Å². The lowest BCUT2D eigenvalue weighted by molar-refractivity contribution is -0.117. The van der Waals surface area contributed by atoms with Gasteiger partial charge in [-0.05, 0) is 29.8 Å². The van der Waals surface area contributed by atoms with E-state index in [1.165, 1.54) is 6.08 Å². The van der Waals surface area contributed by atoms with Crippen LogP contribution in [0, 0.1) is 0 Å². The molecule has 2 aromatic heterocycles.